The predicted octanol–water partition coefficient (Wildman–Crippen LogP) is 2.64. The fourth-order valence-corrected chi connectivity index (χ4v) is 4.10. The molecular weight excluding hydrogens is 370 g/mol. The average molecular weight is 402 g/mol. The molecule has 2 aromatic rings. The summed E-state index contributed by atoms with van der Waals surface area (Å²) in [6.07, 6.45) is 4.74. The quantitative estimate of drug-likeness (QED) is 0.597. The zero-order valence-electron chi connectivity index (χ0n) is 17.2. The van der Waals surface area contributed by atoms with Gasteiger partial charge in [0.1, 0.15) is 17.0 Å². The summed E-state index contributed by atoms with van der Waals surface area (Å²) in [5.41, 5.74) is 0.569. The van der Waals surface area contributed by atoms with Crippen LogP contribution in [-0.4, -0.2) is 57.4 Å². The first-order chi connectivity index (χ1) is 14.0. The third-order valence-electron chi connectivity index (χ3n) is 5.78. The van der Waals surface area contributed by atoms with Crippen LogP contribution in [0.25, 0.3) is 0 Å². The van der Waals surface area contributed by atoms with Gasteiger partial charge in [0.25, 0.3) is 0 Å². The summed E-state index contributed by atoms with van der Waals surface area (Å²) in [6, 6.07) is 7.40. The Hall–Kier alpha value is -2.38. The van der Waals surface area contributed by atoms with Gasteiger partial charge in [-0.15, -0.1) is 0 Å². The highest BCUT2D eigenvalue weighted by molar-refractivity contribution is 5.76. The van der Waals surface area contributed by atoms with Crippen LogP contribution in [0.15, 0.2) is 30.5 Å². The molecule has 1 aromatic heterocycles. The third kappa shape index (κ3) is 4.97. The first-order valence-corrected chi connectivity index (χ1v) is 10.3. The summed E-state index contributed by atoms with van der Waals surface area (Å²) in [7, 11) is 1.59. The minimum absolute atomic E-state index is 0.252. The second-order valence-corrected chi connectivity index (χ2v) is 7.96. The number of methoxy groups -OCH3 is 1. The lowest BCUT2D eigenvalue weighted by Crippen LogP contribution is -2.56. The standard InChI is InChI=1S/C22H31N3O4/c1-3-4-8-20-23-13-17(24-20)14-25-10-9-19(26)22(15-25,21(27)28)12-16-6-5-7-18(11-16)29-2/h5-7,11,13,19,26H,3-4,8-10,12,14-15H2,1-2H3,(H,23,24)(H,27,28)/t19-,22-/m1/s1. The number of aliphatic hydroxyl groups excluding tert-OH is 1. The molecule has 2 heterocycles. The van der Waals surface area contributed by atoms with Gasteiger partial charge in [-0.3, -0.25) is 9.69 Å². The molecule has 0 amide bonds. The number of imidazole rings is 1. The molecule has 0 aliphatic carbocycles. The van der Waals surface area contributed by atoms with E-state index in [1.807, 2.05) is 30.5 Å². The molecule has 1 aliphatic heterocycles. The van der Waals surface area contributed by atoms with Gasteiger partial charge in [0.2, 0.25) is 0 Å². The van der Waals surface area contributed by atoms with Crippen LogP contribution in [0.2, 0.25) is 0 Å². The molecule has 0 spiro atoms. The van der Waals surface area contributed by atoms with E-state index in [0.717, 1.165) is 36.3 Å². The maximum absolute atomic E-state index is 12.3. The smallest absolute Gasteiger partial charge is 0.313 e. The number of likely N-dealkylation sites (tertiary alicyclic amines) is 1. The van der Waals surface area contributed by atoms with Crippen LogP contribution in [0, 0.1) is 5.41 Å². The zero-order chi connectivity index (χ0) is 20.9. The van der Waals surface area contributed by atoms with Gasteiger partial charge in [-0.25, -0.2) is 4.98 Å². The molecule has 0 saturated carbocycles. The van der Waals surface area contributed by atoms with Crippen molar-refractivity contribution in [3.8, 4) is 5.75 Å². The number of nitrogens with one attached hydrogen (secondary N) is 1. The first kappa shape index (κ1) is 21.3. The molecule has 3 rings (SSSR count). The Morgan fingerprint density at radius 3 is 3.00 bits per heavy atom. The molecule has 0 bridgehead atoms. The van der Waals surface area contributed by atoms with Gasteiger partial charge in [-0.2, -0.15) is 0 Å². The molecule has 1 saturated heterocycles. The number of carboxylic acid groups (broad SMARTS) is 1. The number of aromatic nitrogens is 2. The number of hydrogen-bond acceptors (Lipinski definition) is 5. The number of H-pyrrole nitrogens is 1. The Morgan fingerprint density at radius 2 is 2.28 bits per heavy atom. The van der Waals surface area contributed by atoms with E-state index >= 15 is 0 Å². The number of ether oxygens (including phenoxy) is 1. The van der Waals surface area contributed by atoms with Crippen molar-refractivity contribution in [1.82, 2.24) is 14.9 Å². The van der Waals surface area contributed by atoms with Crippen LogP contribution < -0.4 is 4.74 Å². The van der Waals surface area contributed by atoms with Crippen LogP contribution in [-0.2, 0) is 24.2 Å². The zero-order valence-corrected chi connectivity index (χ0v) is 17.2. The second kappa shape index (κ2) is 9.41. The Morgan fingerprint density at radius 1 is 1.45 bits per heavy atom. The van der Waals surface area contributed by atoms with Gasteiger partial charge in [-0.05, 0) is 37.0 Å². The van der Waals surface area contributed by atoms with E-state index in [4.69, 9.17) is 4.74 Å². The maximum atomic E-state index is 12.3. The number of unbranched alkanes of at least 4 members (excludes halogenated alkanes) is 1. The number of aliphatic carboxylic acids is 1. The van der Waals surface area contributed by atoms with E-state index in [9.17, 15) is 15.0 Å². The summed E-state index contributed by atoms with van der Waals surface area (Å²) < 4.78 is 5.26. The van der Waals surface area contributed by atoms with Crippen LogP contribution in [0.4, 0.5) is 0 Å². The number of hydrogen-bond donors (Lipinski definition) is 3. The summed E-state index contributed by atoms with van der Waals surface area (Å²) in [4.78, 5) is 22.2. The fraction of sp³-hybridized carbons (Fsp3) is 0.545. The number of nitrogens with zero attached hydrogens (tertiary/aromatic N) is 2. The molecule has 1 aromatic carbocycles. The van der Waals surface area contributed by atoms with Crippen LogP contribution in [0.5, 0.6) is 5.75 Å². The molecule has 0 radical (unpaired) electrons. The Balaban J connectivity index is 1.75. The number of rotatable bonds is 9. The molecule has 3 N–H and O–H groups in total. The molecule has 29 heavy (non-hydrogen) atoms. The van der Waals surface area contributed by atoms with E-state index in [1.165, 1.54) is 0 Å². The van der Waals surface area contributed by atoms with E-state index in [-0.39, 0.29) is 13.0 Å². The van der Waals surface area contributed by atoms with Crippen molar-refractivity contribution < 1.29 is 19.7 Å². The van der Waals surface area contributed by atoms with Gasteiger partial charge < -0.3 is 19.9 Å². The Bertz CT molecular complexity index is 822. The molecule has 1 fully saturated rings. The molecule has 0 unspecified atom stereocenters. The number of aryl methyl sites for hydroxylation is 1. The maximum Gasteiger partial charge on any atom is 0.313 e. The van der Waals surface area contributed by atoms with Crippen LogP contribution >= 0.6 is 0 Å². The van der Waals surface area contributed by atoms with Crippen molar-refractivity contribution >= 4 is 5.97 Å². The molecule has 2 atom stereocenters. The average Bonchev–Trinajstić information content (AvgIpc) is 3.16. The minimum Gasteiger partial charge on any atom is -0.497 e. The number of aromatic amines is 1. The first-order valence-electron chi connectivity index (χ1n) is 10.3. The van der Waals surface area contributed by atoms with Gasteiger partial charge in [0.15, 0.2) is 0 Å². The van der Waals surface area contributed by atoms with Crippen LogP contribution in [0.3, 0.4) is 0 Å². The number of piperidine rings is 1. The van der Waals surface area contributed by atoms with Crippen molar-refractivity contribution in [2.45, 2.75) is 51.7 Å². The SMILES string of the molecule is CCCCc1ncc(CN2CC[C@@H](O)[C@](Cc3cccc(OC)c3)(C(=O)O)C2)[nH]1. The minimum atomic E-state index is -1.25. The molecular formula is C22H31N3O4. The second-order valence-electron chi connectivity index (χ2n) is 7.96. The lowest BCUT2D eigenvalue weighted by molar-refractivity contribution is -0.163. The fourth-order valence-electron chi connectivity index (χ4n) is 4.10. The van der Waals surface area contributed by atoms with Crippen LogP contribution in [0.1, 0.15) is 43.3 Å². The summed E-state index contributed by atoms with van der Waals surface area (Å²) in [5.74, 6) is 0.688. The highest BCUT2D eigenvalue weighted by Crippen LogP contribution is 2.36. The third-order valence-corrected chi connectivity index (χ3v) is 5.78. The molecule has 7 nitrogen and oxygen atoms in total. The number of carboxylic acids is 1. The Labute approximate surface area is 171 Å². The van der Waals surface area contributed by atoms with Crippen molar-refractivity contribution in [2.24, 2.45) is 5.41 Å². The highest BCUT2D eigenvalue weighted by Gasteiger charge is 2.49. The summed E-state index contributed by atoms with van der Waals surface area (Å²) in [5, 5.41) is 20.8. The topological polar surface area (TPSA) is 98.7 Å². The highest BCUT2D eigenvalue weighted by atomic mass is 16.5. The van der Waals surface area contributed by atoms with Crippen molar-refractivity contribution in [3.05, 3.63) is 47.5 Å². The summed E-state index contributed by atoms with van der Waals surface area (Å²) in [6.45, 7) is 3.68. The largest absolute Gasteiger partial charge is 0.497 e. The van der Waals surface area contributed by atoms with E-state index in [1.54, 1.807) is 7.11 Å². The van der Waals surface area contributed by atoms with Crippen molar-refractivity contribution in [1.29, 1.82) is 0 Å². The molecule has 158 valence electrons. The summed E-state index contributed by atoms with van der Waals surface area (Å²) >= 11 is 0. The van der Waals surface area contributed by atoms with E-state index < -0.39 is 17.5 Å². The predicted molar refractivity (Wildman–Crippen MR) is 110 cm³/mol. The lowest BCUT2D eigenvalue weighted by Gasteiger charge is -2.43. The van der Waals surface area contributed by atoms with Gasteiger partial charge in [0.05, 0.1) is 13.2 Å². The number of aliphatic hydroxyl groups is 1. The Kier molecular flexibility index (Phi) is 6.92. The number of benzene rings is 1. The van der Waals surface area contributed by atoms with Gasteiger partial charge >= 0.3 is 5.97 Å². The van der Waals surface area contributed by atoms with E-state index in [2.05, 4.69) is 21.8 Å². The van der Waals surface area contributed by atoms with Crippen molar-refractivity contribution in [3.63, 3.8) is 0 Å². The number of carbonyl (C=O) groups is 1. The molecule has 1 aliphatic rings. The lowest BCUT2D eigenvalue weighted by atomic mass is 9.73. The monoisotopic (exact) mass is 401 g/mol. The van der Waals surface area contributed by atoms with Gasteiger partial charge in [0, 0.05) is 37.9 Å². The van der Waals surface area contributed by atoms with Gasteiger partial charge in [-0.1, -0.05) is 25.5 Å². The van der Waals surface area contributed by atoms with E-state index in [0.29, 0.717) is 25.3 Å². The molecule has 7 heteroatoms. The van der Waals surface area contributed by atoms with Crippen molar-refractivity contribution in [2.75, 3.05) is 20.2 Å². The normalized spacial score (nSPS) is 22.5.